The number of nitrogens with zero attached hydrogens (tertiary/aromatic N) is 2. The monoisotopic (exact) mass is 278 g/mol. The molecule has 0 aromatic heterocycles. The van der Waals surface area contributed by atoms with E-state index in [0.29, 0.717) is 0 Å². The Kier molecular flexibility index (Phi) is 6.31. The molecule has 0 bridgehead atoms. The van der Waals surface area contributed by atoms with E-state index in [-0.39, 0.29) is 5.82 Å². The molecule has 3 heteroatoms. The average molecular weight is 278 g/mol. The second-order valence-corrected chi connectivity index (χ2v) is 5.72. The number of halogens is 1. The fraction of sp³-hybridized carbons (Fsp3) is 0.647. The highest BCUT2D eigenvalue weighted by Crippen LogP contribution is 2.17. The van der Waals surface area contributed by atoms with E-state index in [2.05, 4.69) is 16.7 Å². The van der Waals surface area contributed by atoms with Gasteiger partial charge in [-0.25, -0.2) is 4.39 Å². The Morgan fingerprint density at radius 1 is 1.00 bits per heavy atom. The standard InChI is InChI=1S/C17H27FN2/c1-2-3-4-5-6-10-19-11-13-20(14-12-19)17-9-7-8-16(18)15-17/h7-9,15H,2-6,10-14H2,1H3. The first kappa shape index (κ1) is 15.3. The molecular weight excluding hydrogens is 251 g/mol. The lowest BCUT2D eigenvalue weighted by molar-refractivity contribution is 0.252. The SMILES string of the molecule is CCCCCCCN1CCN(c2cccc(F)c2)CC1. The van der Waals surface area contributed by atoms with Crippen LogP contribution in [-0.4, -0.2) is 37.6 Å². The third-order valence-electron chi connectivity index (χ3n) is 4.12. The molecule has 2 nitrogen and oxygen atoms in total. The van der Waals surface area contributed by atoms with Crippen molar-refractivity contribution in [3.8, 4) is 0 Å². The topological polar surface area (TPSA) is 6.48 Å². The first-order valence-electron chi connectivity index (χ1n) is 8.02. The van der Waals surface area contributed by atoms with Crippen LogP contribution in [0.15, 0.2) is 24.3 Å². The summed E-state index contributed by atoms with van der Waals surface area (Å²) in [5, 5.41) is 0. The van der Waals surface area contributed by atoms with Gasteiger partial charge in [0, 0.05) is 31.9 Å². The van der Waals surface area contributed by atoms with Gasteiger partial charge in [0.05, 0.1) is 0 Å². The molecule has 0 unspecified atom stereocenters. The summed E-state index contributed by atoms with van der Waals surface area (Å²) in [6.07, 6.45) is 6.73. The van der Waals surface area contributed by atoms with Gasteiger partial charge in [0.25, 0.3) is 0 Å². The molecule has 1 aromatic rings. The molecule has 1 aliphatic rings. The Morgan fingerprint density at radius 3 is 2.45 bits per heavy atom. The zero-order valence-electron chi connectivity index (χ0n) is 12.7. The maximum atomic E-state index is 13.2. The minimum atomic E-state index is -0.138. The molecule has 112 valence electrons. The number of anilines is 1. The second-order valence-electron chi connectivity index (χ2n) is 5.72. The summed E-state index contributed by atoms with van der Waals surface area (Å²) in [4.78, 5) is 4.83. The highest BCUT2D eigenvalue weighted by atomic mass is 19.1. The molecule has 0 aliphatic carbocycles. The van der Waals surface area contributed by atoms with Gasteiger partial charge in [-0.2, -0.15) is 0 Å². The zero-order chi connectivity index (χ0) is 14.2. The van der Waals surface area contributed by atoms with E-state index in [0.717, 1.165) is 31.9 Å². The van der Waals surface area contributed by atoms with Crippen molar-refractivity contribution in [3.05, 3.63) is 30.1 Å². The quantitative estimate of drug-likeness (QED) is 0.698. The first-order chi connectivity index (χ1) is 9.79. The van der Waals surface area contributed by atoms with Crippen LogP contribution in [0.25, 0.3) is 0 Å². The first-order valence-corrected chi connectivity index (χ1v) is 8.02. The van der Waals surface area contributed by atoms with Crippen LogP contribution in [0.2, 0.25) is 0 Å². The van der Waals surface area contributed by atoms with Crippen molar-refractivity contribution in [2.75, 3.05) is 37.6 Å². The smallest absolute Gasteiger partial charge is 0.125 e. The summed E-state index contributed by atoms with van der Waals surface area (Å²) < 4.78 is 13.2. The van der Waals surface area contributed by atoms with Crippen molar-refractivity contribution in [1.82, 2.24) is 4.90 Å². The Hall–Kier alpha value is -1.09. The molecule has 0 spiro atoms. The van der Waals surface area contributed by atoms with E-state index in [9.17, 15) is 4.39 Å². The number of benzene rings is 1. The molecule has 0 N–H and O–H groups in total. The summed E-state index contributed by atoms with van der Waals surface area (Å²) in [5.74, 6) is -0.138. The maximum Gasteiger partial charge on any atom is 0.125 e. The largest absolute Gasteiger partial charge is 0.369 e. The molecule has 0 atom stereocenters. The Labute approximate surface area is 122 Å². The number of unbranched alkanes of at least 4 members (excludes halogenated alkanes) is 4. The molecule has 0 radical (unpaired) electrons. The van der Waals surface area contributed by atoms with E-state index >= 15 is 0 Å². The van der Waals surface area contributed by atoms with E-state index < -0.39 is 0 Å². The van der Waals surface area contributed by atoms with Crippen molar-refractivity contribution in [2.24, 2.45) is 0 Å². The Morgan fingerprint density at radius 2 is 1.75 bits per heavy atom. The molecule has 1 aromatic carbocycles. The van der Waals surface area contributed by atoms with Crippen LogP contribution < -0.4 is 4.90 Å². The van der Waals surface area contributed by atoms with Gasteiger partial charge in [0.1, 0.15) is 5.82 Å². The minimum absolute atomic E-state index is 0.138. The normalized spacial score (nSPS) is 16.6. The fourth-order valence-corrected chi connectivity index (χ4v) is 2.84. The van der Waals surface area contributed by atoms with Crippen LogP contribution in [0.4, 0.5) is 10.1 Å². The van der Waals surface area contributed by atoms with Gasteiger partial charge in [-0.3, -0.25) is 4.90 Å². The van der Waals surface area contributed by atoms with E-state index in [1.54, 1.807) is 12.1 Å². The van der Waals surface area contributed by atoms with E-state index in [1.807, 2.05) is 6.07 Å². The van der Waals surface area contributed by atoms with Gasteiger partial charge >= 0.3 is 0 Å². The van der Waals surface area contributed by atoms with E-state index in [4.69, 9.17) is 0 Å². The van der Waals surface area contributed by atoms with Crippen LogP contribution in [-0.2, 0) is 0 Å². The number of hydrogen-bond donors (Lipinski definition) is 0. The molecule has 1 aliphatic heterocycles. The van der Waals surface area contributed by atoms with E-state index in [1.165, 1.54) is 44.7 Å². The van der Waals surface area contributed by atoms with Gasteiger partial charge in [-0.15, -0.1) is 0 Å². The van der Waals surface area contributed by atoms with Gasteiger partial charge < -0.3 is 4.90 Å². The molecule has 1 fully saturated rings. The number of rotatable bonds is 7. The van der Waals surface area contributed by atoms with Crippen LogP contribution in [0, 0.1) is 5.82 Å². The van der Waals surface area contributed by atoms with Crippen LogP contribution in [0.5, 0.6) is 0 Å². The third-order valence-corrected chi connectivity index (χ3v) is 4.12. The molecule has 1 heterocycles. The maximum absolute atomic E-state index is 13.2. The van der Waals surface area contributed by atoms with Crippen molar-refractivity contribution in [3.63, 3.8) is 0 Å². The highest BCUT2D eigenvalue weighted by molar-refractivity contribution is 5.46. The Balaban J connectivity index is 1.67. The molecule has 1 saturated heterocycles. The predicted octanol–water partition coefficient (Wildman–Crippen LogP) is 3.92. The average Bonchev–Trinajstić information content (AvgIpc) is 2.48. The lowest BCUT2D eigenvalue weighted by Gasteiger charge is -2.36. The minimum Gasteiger partial charge on any atom is -0.369 e. The number of hydrogen-bond acceptors (Lipinski definition) is 2. The summed E-state index contributed by atoms with van der Waals surface area (Å²) >= 11 is 0. The van der Waals surface area contributed by atoms with Crippen molar-refractivity contribution < 1.29 is 4.39 Å². The molecule has 0 amide bonds. The summed E-state index contributed by atoms with van der Waals surface area (Å²) in [6.45, 7) is 7.71. The van der Waals surface area contributed by atoms with Gasteiger partial charge in [-0.1, -0.05) is 38.7 Å². The fourth-order valence-electron chi connectivity index (χ4n) is 2.84. The summed E-state index contributed by atoms with van der Waals surface area (Å²) in [7, 11) is 0. The van der Waals surface area contributed by atoms with Crippen LogP contribution in [0.3, 0.4) is 0 Å². The predicted molar refractivity (Wildman–Crippen MR) is 83.8 cm³/mol. The molecule has 0 saturated carbocycles. The molecular formula is C17H27FN2. The summed E-state index contributed by atoms with van der Waals surface area (Å²) in [5.41, 5.74) is 1.02. The highest BCUT2D eigenvalue weighted by Gasteiger charge is 2.16. The lowest BCUT2D eigenvalue weighted by Crippen LogP contribution is -2.46. The number of piperazine rings is 1. The van der Waals surface area contributed by atoms with Crippen molar-refractivity contribution in [2.45, 2.75) is 39.0 Å². The van der Waals surface area contributed by atoms with Gasteiger partial charge in [0.15, 0.2) is 0 Å². The van der Waals surface area contributed by atoms with Gasteiger partial charge in [0.2, 0.25) is 0 Å². The second kappa shape index (κ2) is 8.25. The van der Waals surface area contributed by atoms with Crippen molar-refractivity contribution in [1.29, 1.82) is 0 Å². The summed E-state index contributed by atoms with van der Waals surface area (Å²) in [6, 6.07) is 6.95. The van der Waals surface area contributed by atoms with Crippen LogP contribution >= 0.6 is 0 Å². The molecule has 2 rings (SSSR count). The zero-order valence-corrected chi connectivity index (χ0v) is 12.7. The third kappa shape index (κ3) is 4.78. The van der Waals surface area contributed by atoms with Crippen molar-refractivity contribution >= 4 is 5.69 Å². The van der Waals surface area contributed by atoms with Crippen LogP contribution in [0.1, 0.15) is 39.0 Å². The lowest BCUT2D eigenvalue weighted by atomic mass is 10.1. The Bertz CT molecular complexity index is 386. The van der Waals surface area contributed by atoms with Gasteiger partial charge in [-0.05, 0) is 31.2 Å². The molecule has 20 heavy (non-hydrogen) atoms.